The van der Waals surface area contributed by atoms with Gasteiger partial charge in [0.2, 0.25) is 5.91 Å². The summed E-state index contributed by atoms with van der Waals surface area (Å²) < 4.78 is 5.91. The average molecular weight is 921 g/mol. The number of rotatable bonds is 49. The summed E-state index contributed by atoms with van der Waals surface area (Å²) in [5.74, 6) is -0.570. The predicted molar refractivity (Wildman–Crippen MR) is 287 cm³/mol. The van der Waals surface area contributed by atoms with Gasteiger partial charge in [-0.25, -0.2) is 0 Å². The summed E-state index contributed by atoms with van der Waals surface area (Å²) in [7, 11) is 0. The molecule has 0 aromatic heterocycles. The highest BCUT2D eigenvalue weighted by Gasteiger charge is 2.24. The number of carbonyl (C=O) groups is 2. The lowest BCUT2D eigenvalue weighted by Crippen LogP contribution is -2.46. The first-order chi connectivity index (χ1) is 32.5. The van der Waals surface area contributed by atoms with Gasteiger partial charge in [0.15, 0.2) is 0 Å². The molecule has 0 radical (unpaired) electrons. The zero-order valence-corrected chi connectivity index (χ0v) is 43.3. The third-order valence-electron chi connectivity index (χ3n) is 12.2. The fourth-order valence-electron chi connectivity index (χ4n) is 8.05. The third kappa shape index (κ3) is 47.5. The number of esters is 1. The first-order valence-corrected chi connectivity index (χ1v) is 27.8. The fraction of sp³-hybridized carbons (Fsp3) is 0.733. The lowest BCUT2D eigenvalue weighted by Gasteiger charge is -2.24. The van der Waals surface area contributed by atoms with Crippen molar-refractivity contribution in [1.82, 2.24) is 5.32 Å². The topological polar surface area (TPSA) is 95.9 Å². The molecule has 0 spiro atoms. The minimum atomic E-state index is -0.809. The van der Waals surface area contributed by atoms with Gasteiger partial charge in [-0.1, -0.05) is 241 Å². The Kier molecular flexibility index (Phi) is 50.6. The Hall–Kier alpha value is -2.96. The number of carbonyl (C=O) groups excluding carboxylic acids is 2. The largest absolute Gasteiger partial charge is 0.462 e. The Bertz CT molecular complexity index is 1260. The van der Waals surface area contributed by atoms with Gasteiger partial charge in [-0.05, 0) is 89.9 Å². The number of ether oxygens (including phenoxy) is 1. The molecule has 3 unspecified atom stereocenters. The molecule has 6 nitrogen and oxygen atoms in total. The highest BCUT2D eigenvalue weighted by Crippen LogP contribution is 2.17. The van der Waals surface area contributed by atoms with Crippen LogP contribution in [0.3, 0.4) is 0 Å². The lowest BCUT2D eigenvalue weighted by atomic mass is 10.0. The molecule has 3 atom stereocenters. The van der Waals surface area contributed by atoms with E-state index in [2.05, 4.69) is 111 Å². The van der Waals surface area contributed by atoms with E-state index in [0.717, 1.165) is 89.9 Å². The average Bonchev–Trinajstić information content (AvgIpc) is 3.31. The highest BCUT2D eigenvalue weighted by atomic mass is 16.5. The molecule has 0 saturated heterocycles. The number of unbranched alkanes of at least 4 members (excludes halogenated alkanes) is 24. The van der Waals surface area contributed by atoms with E-state index in [0.29, 0.717) is 25.7 Å². The number of amides is 1. The molecule has 0 rings (SSSR count). The minimum Gasteiger partial charge on any atom is -0.462 e. The standard InChI is InChI=1S/C60H105NO5/c1-4-7-10-13-16-19-22-25-28-30-32-35-38-41-44-47-50-53-60(65)66-56(51-48-45-42-39-36-33-31-29-26-23-20-17-14-11-8-5-2)54-59(64)61-57(55-62)58(63)52-49-46-43-40-37-34-27-24-21-18-15-12-9-6-3/h7,10,16,19,25,28-29,31-33,35-36,41,44,56-58,62-63H,4-6,8-9,11-15,17-18,20-24,26-27,30,34,37-40,42-43,45-55H2,1-3H3,(H,61,64)/b10-7-,19-16-,28-25-,31-29+,35-32-,36-33+,44-41-. The molecule has 1 amide bonds. The molecule has 380 valence electrons. The van der Waals surface area contributed by atoms with Crippen molar-refractivity contribution in [2.75, 3.05) is 6.61 Å². The van der Waals surface area contributed by atoms with E-state index in [1.165, 1.54) is 116 Å². The zero-order chi connectivity index (χ0) is 48.1. The van der Waals surface area contributed by atoms with Crippen LogP contribution in [-0.2, 0) is 14.3 Å². The molecule has 66 heavy (non-hydrogen) atoms. The quantitative estimate of drug-likeness (QED) is 0.0245. The second-order valence-corrected chi connectivity index (χ2v) is 18.6. The fourth-order valence-corrected chi connectivity index (χ4v) is 8.05. The number of hydrogen-bond donors (Lipinski definition) is 3. The van der Waals surface area contributed by atoms with Crippen LogP contribution in [0.25, 0.3) is 0 Å². The number of nitrogens with one attached hydrogen (secondary N) is 1. The summed E-state index contributed by atoms with van der Waals surface area (Å²) >= 11 is 0. The first kappa shape index (κ1) is 63.0. The molecule has 0 aliphatic rings. The van der Waals surface area contributed by atoms with Crippen LogP contribution in [0.4, 0.5) is 0 Å². The van der Waals surface area contributed by atoms with Crippen LogP contribution < -0.4 is 5.32 Å². The zero-order valence-electron chi connectivity index (χ0n) is 43.3. The molecule has 0 aliphatic carbocycles. The molecular formula is C60H105NO5. The van der Waals surface area contributed by atoms with Crippen LogP contribution >= 0.6 is 0 Å². The van der Waals surface area contributed by atoms with Crippen molar-refractivity contribution in [1.29, 1.82) is 0 Å². The van der Waals surface area contributed by atoms with Crippen molar-refractivity contribution < 1.29 is 24.5 Å². The summed E-state index contributed by atoms with van der Waals surface area (Å²) in [6.45, 7) is 6.35. The smallest absolute Gasteiger partial charge is 0.306 e. The SMILES string of the molecule is CC/C=C\C/C=C\C/C=C\C/C=C\C/C=C\CCCC(=O)OC(CCCCC/C=C/C=C/CCCCCCCCC)CC(=O)NC(CO)C(O)CCCCCCCCCCCCCCCC. The summed E-state index contributed by atoms with van der Waals surface area (Å²) in [6.07, 6.45) is 69.3. The van der Waals surface area contributed by atoms with Crippen molar-refractivity contribution in [3.8, 4) is 0 Å². The van der Waals surface area contributed by atoms with Crippen LogP contribution in [0.1, 0.15) is 258 Å². The van der Waals surface area contributed by atoms with E-state index in [-0.39, 0.29) is 24.9 Å². The molecular weight excluding hydrogens is 815 g/mol. The number of aliphatic hydroxyl groups is 2. The molecule has 0 bridgehead atoms. The summed E-state index contributed by atoms with van der Waals surface area (Å²) in [5.41, 5.74) is 0. The summed E-state index contributed by atoms with van der Waals surface area (Å²) in [6, 6.07) is -0.726. The predicted octanol–water partition coefficient (Wildman–Crippen LogP) is 17.1. The molecule has 3 N–H and O–H groups in total. The van der Waals surface area contributed by atoms with Crippen LogP contribution in [0.2, 0.25) is 0 Å². The first-order valence-electron chi connectivity index (χ1n) is 27.8. The van der Waals surface area contributed by atoms with E-state index < -0.39 is 18.2 Å². The molecule has 0 aliphatic heterocycles. The van der Waals surface area contributed by atoms with Crippen LogP contribution in [0.5, 0.6) is 0 Å². The second kappa shape index (κ2) is 53.0. The minimum absolute atomic E-state index is 0.0338. The van der Waals surface area contributed by atoms with E-state index in [4.69, 9.17) is 4.74 Å². The van der Waals surface area contributed by atoms with Gasteiger partial charge in [0.1, 0.15) is 6.10 Å². The molecule has 0 aromatic rings. The van der Waals surface area contributed by atoms with E-state index in [1.54, 1.807) is 0 Å². The van der Waals surface area contributed by atoms with Gasteiger partial charge in [-0.2, -0.15) is 0 Å². The molecule has 0 fully saturated rings. The molecule has 0 heterocycles. The van der Waals surface area contributed by atoms with Gasteiger partial charge in [0.05, 0.1) is 25.2 Å². The van der Waals surface area contributed by atoms with Gasteiger partial charge in [0, 0.05) is 6.42 Å². The molecule has 0 aromatic carbocycles. The van der Waals surface area contributed by atoms with Crippen LogP contribution in [-0.4, -0.2) is 46.9 Å². The Labute approximate surface area is 408 Å². The Morgan fingerprint density at radius 2 is 0.864 bits per heavy atom. The lowest BCUT2D eigenvalue weighted by molar-refractivity contribution is -0.151. The summed E-state index contributed by atoms with van der Waals surface area (Å²) in [4.78, 5) is 26.2. The monoisotopic (exact) mass is 920 g/mol. The maximum atomic E-state index is 13.2. The molecule has 6 heteroatoms. The summed E-state index contributed by atoms with van der Waals surface area (Å²) in [5, 5.41) is 23.8. The van der Waals surface area contributed by atoms with Crippen molar-refractivity contribution in [3.63, 3.8) is 0 Å². The second-order valence-electron chi connectivity index (χ2n) is 18.6. The maximum absolute atomic E-state index is 13.2. The number of allylic oxidation sites excluding steroid dienone is 14. The number of aliphatic hydroxyl groups excluding tert-OH is 2. The van der Waals surface area contributed by atoms with Crippen molar-refractivity contribution in [2.24, 2.45) is 0 Å². The third-order valence-corrected chi connectivity index (χ3v) is 12.2. The Morgan fingerprint density at radius 3 is 1.33 bits per heavy atom. The Balaban J connectivity index is 4.72. The Morgan fingerprint density at radius 1 is 0.470 bits per heavy atom. The van der Waals surface area contributed by atoms with Gasteiger partial charge >= 0.3 is 5.97 Å². The van der Waals surface area contributed by atoms with Crippen LogP contribution in [0, 0.1) is 0 Å². The van der Waals surface area contributed by atoms with E-state index in [9.17, 15) is 19.8 Å². The highest BCUT2D eigenvalue weighted by molar-refractivity contribution is 5.77. The van der Waals surface area contributed by atoms with Crippen LogP contribution in [0.15, 0.2) is 85.1 Å². The van der Waals surface area contributed by atoms with Crippen molar-refractivity contribution in [2.45, 2.75) is 277 Å². The van der Waals surface area contributed by atoms with Crippen molar-refractivity contribution in [3.05, 3.63) is 85.1 Å². The van der Waals surface area contributed by atoms with Gasteiger partial charge in [-0.15, -0.1) is 0 Å². The normalized spacial score (nSPS) is 13.8. The van der Waals surface area contributed by atoms with Gasteiger partial charge < -0.3 is 20.3 Å². The van der Waals surface area contributed by atoms with E-state index in [1.807, 2.05) is 0 Å². The maximum Gasteiger partial charge on any atom is 0.306 e. The number of hydrogen-bond acceptors (Lipinski definition) is 5. The van der Waals surface area contributed by atoms with E-state index >= 15 is 0 Å². The van der Waals surface area contributed by atoms with Crippen molar-refractivity contribution >= 4 is 11.9 Å². The van der Waals surface area contributed by atoms with Gasteiger partial charge in [-0.3, -0.25) is 9.59 Å². The molecule has 0 saturated carbocycles. The van der Waals surface area contributed by atoms with Gasteiger partial charge in [0.25, 0.3) is 0 Å².